The minimum atomic E-state index is -0.964. The summed E-state index contributed by atoms with van der Waals surface area (Å²) in [4.78, 5) is 16.1. The van der Waals surface area contributed by atoms with Crippen molar-refractivity contribution in [2.75, 3.05) is 0 Å². The summed E-state index contributed by atoms with van der Waals surface area (Å²) in [5.74, 6) is -0.964. The monoisotopic (exact) mass is 405 g/mol. The average molecular weight is 407 g/mol. The van der Waals surface area contributed by atoms with Gasteiger partial charge in [0.2, 0.25) is 0 Å². The molecule has 0 amide bonds. The maximum Gasteiger partial charge on any atom is 0.336 e. The van der Waals surface area contributed by atoms with Crippen molar-refractivity contribution in [3.63, 3.8) is 0 Å². The van der Waals surface area contributed by atoms with Gasteiger partial charge in [0.15, 0.2) is 0 Å². The first-order valence-corrected chi connectivity index (χ1v) is 7.73. The number of benzene rings is 2. The van der Waals surface area contributed by atoms with E-state index in [9.17, 15) is 9.90 Å². The molecule has 0 unspecified atom stereocenters. The van der Waals surface area contributed by atoms with Crippen molar-refractivity contribution < 1.29 is 9.90 Å². The minimum absolute atomic E-state index is 0.243. The van der Waals surface area contributed by atoms with Gasteiger partial charge >= 0.3 is 5.97 Å². The SMILES string of the molecule is O=C(O)c1cc(-c2ccccc2Br)nc2ccc(Br)cc12. The van der Waals surface area contributed by atoms with Gasteiger partial charge in [0, 0.05) is 19.9 Å². The second-order valence-corrected chi connectivity index (χ2v) is 6.27. The third-order valence-corrected chi connectivity index (χ3v) is 4.34. The van der Waals surface area contributed by atoms with Crippen LogP contribution in [-0.4, -0.2) is 16.1 Å². The second-order valence-electron chi connectivity index (χ2n) is 4.50. The van der Waals surface area contributed by atoms with E-state index >= 15 is 0 Å². The van der Waals surface area contributed by atoms with Crippen LogP contribution in [0.1, 0.15) is 10.4 Å². The summed E-state index contributed by atoms with van der Waals surface area (Å²) in [5.41, 5.74) is 2.40. The lowest BCUT2D eigenvalue weighted by Crippen LogP contribution is -2.00. The molecule has 2 aromatic carbocycles. The van der Waals surface area contributed by atoms with E-state index in [1.54, 1.807) is 12.1 Å². The van der Waals surface area contributed by atoms with Crippen LogP contribution in [0.15, 0.2) is 57.5 Å². The molecule has 3 nitrogen and oxygen atoms in total. The number of fused-ring (bicyclic) bond motifs is 1. The highest BCUT2D eigenvalue weighted by atomic mass is 79.9. The molecule has 0 radical (unpaired) electrons. The van der Waals surface area contributed by atoms with Gasteiger partial charge < -0.3 is 5.11 Å². The Hall–Kier alpha value is -1.72. The van der Waals surface area contributed by atoms with Gasteiger partial charge in [0.05, 0.1) is 16.8 Å². The molecule has 0 aliphatic rings. The molecule has 5 heteroatoms. The fraction of sp³-hybridized carbons (Fsp3) is 0. The highest BCUT2D eigenvalue weighted by Gasteiger charge is 2.14. The fourth-order valence-corrected chi connectivity index (χ4v) is 3.03. The number of nitrogens with zero attached hydrogens (tertiary/aromatic N) is 1. The lowest BCUT2D eigenvalue weighted by Gasteiger charge is -2.09. The van der Waals surface area contributed by atoms with Crippen molar-refractivity contribution in [3.8, 4) is 11.3 Å². The molecular formula is C16H9Br2NO2. The van der Waals surface area contributed by atoms with Crippen LogP contribution in [0, 0.1) is 0 Å². The highest BCUT2D eigenvalue weighted by Crippen LogP contribution is 2.31. The first kappa shape index (κ1) is 14.2. The van der Waals surface area contributed by atoms with Crippen LogP contribution in [0.3, 0.4) is 0 Å². The summed E-state index contributed by atoms with van der Waals surface area (Å²) in [6.07, 6.45) is 0. The third kappa shape index (κ3) is 2.71. The van der Waals surface area contributed by atoms with E-state index in [1.165, 1.54) is 0 Å². The number of pyridine rings is 1. The zero-order valence-electron chi connectivity index (χ0n) is 10.7. The largest absolute Gasteiger partial charge is 0.478 e. The van der Waals surface area contributed by atoms with Crippen LogP contribution in [0.5, 0.6) is 0 Å². The fourth-order valence-electron chi connectivity index (χ4n) is 2.18. The Kier molecular flexibility index (Phi) is 3.78. The number of carboxylic acids is 1. The predicted molar refractivity (Wildman–Crippen MR) is 89.5 cm³/mol. The number of aromatic nitrogens is 1. The van der Waals surface area contributed by atoms with Gasteiger partial charge in [-0.05, 0) is 30.3 Å². The Morgan fingerprint density at radius 2 is 1.81 bits per heavy atom. The molecule has 0 aliphatic carbocycles. The van der Waals surface area contributed by atoms with Crippen molar-refractivity contribution in [3.05, 3.63) is 63.0 Å². The third-order valence-electron chi connectivity index (χ3n) is 3.15. The van der Waals surface area contributed by atoms with Crippen molar-refractivity contribution in [2.45, 2.75) is 0 Å². The van der Waals surface area contributed by atoms with Gasteiger partial charge in [-0.25, -0.2) is 9.78 Å². The van der Waals surface area contributed by atoms with Crippen molar-refractivity contribution in [2.24, 2.45) is 0 Å². The second kappa shape index (κ2) is 5.58. The molecule has 0 spiro atoms. The van der Waals surface area contributed by atoms with Crippen LogP contribution in [0.4, 0.5) is 0 Å². The Bertz CT molecular complexity index is 862. The number of carbonyl (C=O) groups is 1. The molecule has 104 valence electrons. The summed E-state index contributed by atoms with van der Waals surface area (Å²) < 4.78 is 1.71. The van der Waals surface area contributed by atoms with E-state index in [2.05, 4.69) is 36.8 Å². The standard InChI is InChI=1S/C16H9Br2NO2/c17-9-5-6-14-11(7-9)12(16(20)21)8-15(19-14)10-3-1-2-4-13(10)18/h1-8H,(H,20,21). The number of rotatable bonds is 2. The van der Waals surface area contributed by atoms with Gasteiger partial charge in [-0.2, -0.15) is 0 Å². The van der Waals surface area contributed by atoms with Gasteiger partial charge in [-0.1, -0.05) is 50.1 Å². The first-order valence-electron chi connectivity index (χ1n) is 6.15. The average Bonchev–Trinajstić information content (AvgIpc) is 2.46. The molecule has 3 rings (SSSR count). The molecular weight excluding hydrogens is 398 g/mol. The number of aromatic carboxylic acids is 1. The molecule has 0 bridgehead atoms. The molecule has 0 atom stereocenters. The van der Waals surface area contributed by atoms with E-state index in [0.717, 1.165) is 14.5 Å². The number of hydrogen-bond donors (Lipinski definition) is 1. The molecule has 3 aromatic rings. The Morgan fingerprint density at radius 3 is 2.52 bits per heavy atom. The molecule has 0 saturated carbocycles. The van der Waals surface area contributed by atoms with E-state index in [0.29, 0.717) is 16.6 Å². The van der Waals surface area contributed by atoms with Gasteiger partial charge in [0.1, 0.15) is 0 Å². The molecule has 21 heavy (non-hydrogen) atoms. The summed E-state index contributed by atoms with van der Waals surface area (Å²) in [5, 5.41) is 10.1. The summed E-state index contributed by atoms with van der Waals surface area (Å²) in [7, 11) is 0. The Balaban J connectivity index is 2.34. The maximum atomic E-state index is 11.5. The zero-order valence-corrected chi connectivity index (χ0v) is 13.8. The topological polar surface area (TPSA) is 50.2 Å². The minimum Gasteiger partial charge on any atom is -0.478 e. The van der Waals surface area contributed by atoms with Crippen LogP contribution in [0.2, 0.25) is 0 Å². The quantitative estimate of drug-likeness (QED) is 0.642. The van der Waals surface area contributed by atoms with Crippen LogP contribution < -0.4 is 0 Å². The molecule has 0 aliphatic heterocycles. The van der Waals surface area contributed by atoms with Gasteiger partial charge in [-0.15, -0.1) is 0 Å². The molecule has 1 N–H and O–H groups in total. The summed E-state index contributed by atoms with van der Waals surface area (Å²) >= 11 is 6.84. The van der Waals surface area contributed by atoms with Crippen molar-refractivity contribution in [1.82, 2.24) is 4.98 Å². The summed E-state index contributed by atoms with van der Waals surface area (Å²) in [6.45, 7) is 0. The number of halogens is 2. The van der Waals surface area contributed by atoms with Gasteiger partial charge in [-0.3, -0.25) is 0 Å². The van der Waals surface area contributed by atoms with Crippen LogP contribution in [0.25, 0.3) is 22.2 Å². The summed E-state index contributed by atoms with van der Waals surface area (Å²) in [6, 6.07) is 14.7. The Morgan fingerprint density at radius 1 is 1.05 bits per heavy atom. The van der Waals surface area contributed by atoms with E-state index in [4.69, 9.17) is 0 Å². The number of carboxylic acid groups (broad SMARTS) is 1. The normalized spacial score (nSPS) is 10.8. The number of hydrogen-bond acceptors (Lipinski definition) is 2. The van der Waals surface area contributed by atoms with E-state index < -0.39 is 5.97 Å². The molecule has 1 heterocycles. The maximum absolute atomic E-state index is 11.5. The van der Waals surface area contributed by atoms with E-state index in [1.807, 2.05) is 36.4 Å². The molecule has 0 fully saturated rings. The van der Waals surface area contributed by atoms with Crippen molar-refractivity contribution >= 4 is 48.7 Å². The Labute approximate surface area is 137 Å². The molecule has 0 saturated heterocycles. The lowest BCUT2D eigenvalue weighted by atomic mass is 10.0. The molecule has 1 aromatic heterocycles. The van der Waals surface area contributed by atoms with Crippen LogP contribution >= 0.6 is 31.9 Å². The van der Waals surface area contributed by atoms with Gasteiger partial charge in [0.25, 0.3) is 0 Å². The highest BCUT2D eigenvalue weighted by molar-refractivity contribution is 9.10. The predicted octanol–water partition coefficient (Wildman–Crippen LogP) is 5.13. The zero-order chi connectivity index (χ0) is 15.0. The van der Waals surface area contributed by atoms with Crippen molar-refractivity contribution in [1.29, 1.82) is 0 Å². The smallest absolute Gasteiger partial charge is 0.336 e. The lowest BCUT2D eigenvalue weighted by molar-refractivity contribution is 0.0699. The van der Waals surface area contributed by atoms with Crippen LogP contribution in [-0.2, 0) is 0 Å². The van der Waals surface area contributed by atoms with E-state index in [-0.39, 0.29) is 5.56 Å². The first-order chi connectivity index (χ1) is 10.1.